The quantitative estimate of drug-likeness (QED) is 0.314. The Morgan fingerprint density at radius 3 is 2.71 bits per heavy atom. The third kappa shape index (κ3) is 2.66. The van der Waals surface area contributed by atoms with Gasteiger partial charge in [0.05, 0.1) is 3.92 Å². The second kappa shape index (κ2) is 4.51. The topological polar surface area (TPSA) is 44.8 Å². The van der Waals surface area contributed by atoms with Gasteiger partial charge < -0.3 is 14.2 Å². The maximum Gasteiger partial charge on any atom is 0.303 e. The highest BCUT2D eigenvalue weighted by Crippen LogP contribution is 2.40. The van der Waals surface area contributed by atoms with Crippen LogP contribution >= 0.6 is 22.6 Å². The molecule has 0 saturated carbocycles. The maximum absolute atomic E-state index is 11.1. The molecule has 0 aromatic rings. The molecule has 0 radical (unpaired) electrons. The zero-order valence-corrected chi connectivity index (χ0v) is 12.6. The van der Waals surface area contributed by atoms with Crippen LogP contribution in [0.4, 0.5) is 0 Å². The highest BCUT2D eigenvalue weighted by Gasteiger charge is 2.50. The van der Waals surface area contributed by atoms with Crippen molar-refractivity contribution in [3.05, 3.63) is 11.6 Å². The summed E-state index contributed by atoms with van der Waals surface area (Å²) in [6.07, 6.45) is 1.65. The van der Waals surface area contributed by atoms with Crippen molar-refractivity contribution in [2.75, 3.05) is 0 Å². The third-order valence-electron chi connectivity index (χ3n) is 2.93. The molecule has 0 unspecified atom stereocenters. The van der Waals surface area contributed by atoms with Crippen molar-refractivity contribution in [2.45, 2.75) is 55.7 Å². The van der Waals surface area contributed by atoms with Crippen LogP contribution in [0.15, 0.2) is 11.6 Å². The van der Waals surface area contributed by atoms with Crippen molar-refractivity contribution < 1.29 is 19.0 Å². The summed E-state index contributed by atoms with van der Waals surface area (Å²) in [5.74, 6) is -0.837. The molecule has 0 aromatic carbocycles. The number of alkyl halides is 1. The fourth-order valence-corrected chi connectivity index (χ4v) is 3.18. The molecule has 17 heavy (non-hydrogen) atoms. The number of fused-ring (bicyclic) bond motifs is 1. The number of ether oxygens (including phenoxy) is 3. The molecule has 1 heterocycles. The molecule has 2 rings (SSSR count). The molecule has 1 aliphatic carbocycles. The van der Waals surface area contributed by atoms with E-state index in [0.29, 0.717) is 0 Å². The smallest absolute Gasteiger partial charge is 0.303 e. The van der Waals surface area contributed by atoms with Crippen LogP contribution in [0.25, 0.3) is 0 Å². The van der Waals surface area contributed by atoms with Gasteiger partial charge in [0.1, 0.15) is 18.3 Å². The highest BCUT2D eigenvalue weighted by molar-refractivity contribution is 14.1. The van der Waals surface area contributed by atoms with Crippen LogP contribution in [0, 0.1) is 0 Å². The molecule has 0 spiro atoms. The Hall–Kier alpha value is -0.140. The van der Waals surface area contributed by atoms with Crippen LogP contribution in [0.2, 0.25) is 0 Å². The van der Waals surface area contributed by atoms with E-state index in [2.05, 4.69) is 22.6 Å². The lowest BCUT2D eigenvalue weighted by molar-refractivity contribution is -0.149. The number of rotatable bonds is 1. The Labute approximate surface area is 115 Å². The van der Waals surface area contributed by atoms with Crippen molar-refractivity contribution in [2.24, 2.45) is 0 Å². The van der Waals surface area contributed by atoms with Crippen LogP contribution in [0.1, 0.15) is 27.7 Å². The first kappa shape index (κ1) is 13.3. The Morgan fingerprint density at radius 1 is 1.47 bits per heavy atom. The van der Waals surface area contributed by atoms with Gasteiger partial charge in [-0.05, 0) is 32.4 Å². The molecule has 0 aromatic heterocycles. The summed E-state index contributed by atoms with van der Waals surface area (Å²) in [5.41, 5.74) is 1.07. The second-order valence-corrected chi connectivity index (χ2v) is 6.39. The zero-order chi connectivity index (χ0) is 12.8. The van der Waals surface area contributed by atoms with Gasteiger partial charge in [-0.3, -0.25) is 4.79 Å². The van der Waals surface area contributed by atoms with Gasteiger partial charge in [0, 0.05) is 6.92 Å². The average molecular weight is 352 g/mol. The molecule has 0 amide bonds. The Morgan fingerprint density at radius 2 is 2.12 bits per heavy atom. The van der Waals surface area contributed by atoms with E-state index in [4.69, 9.17) is 14.2 Å². The van der Waals surface area contributed by atoms with Gasteiger partial charge in [0.25, 0.3) is 0 Å². The fraction of sp³-hybridized carbons (Fsp3) is 0.750. The molecule has 0 N–H and O–H groups in total. The van der Waals surface area contributed by atoms with Crippen molar-refractivity contribution in [3.63, 3.8) is 0 Å². The molecule has 2 aliphatic rings. The van der Waals surface area contributed by atoms with Gasteiger partial charge in [-0.2, -0.15) is 0 Å². The summed E-state index contributed by atoms with van der Waals surface area (Å²) in [4.78, 5) is 11.1. The summed E-state index contributed by atoms with van der Waals surface area (Å²) in [5, 5.41) is 0. The number of halogens is 1. The number of hydrogen-bond donors (Lipinski definition) is 0. The fourth-order valence-electron chi connectivity index (χ4n) is 2.30. The van der Waals surface area contributed by atoms with E-state index < -0.39 is 5.79 Å². The molecule has 5 heteroatoms. The summed E-state index contributed by atoms with van der Waals surface area (Å²) < 4.78 is 17.1. The van der Waals surface area contributed by atoms with Gasteiger partial charge in [0.15, 0.2) is 5.79 Å². The first-order chi connectivity index (χ1) is 7.80. The van der Waals surface area contributed by atoms with Gasteiger partial charge >= 0.3 is 5.97 Å². The largest absolute Gasteiger partial charge is 0.457 e. The van der Waals surface area contributed by atoms with Gasteiger partial charge in [-0.15, -0.1) is 0 Å². The first-order valence-corrected chi connectivity index (χ1v) is 6.90. The van der Waals surface area contributed by atoms with E-state index >= 15 is 0 Å². The minimum Gasteiger partial charge on any atom is -0.457 e. The standard InChI is InChI=1S/C12H17IO4/c1-6-5-8(15-7(2)14)9(13)11-10(6)16-12(3,4)17-11/h5,8-11H,1-4H3/t8-,9+,10+,11-/m0/s1. The number of hydrogen-bond acceptors (Lipinski definition) is 4. The minimum atomic E-state index is -0.570. The van der Waals surface area contributed by atoms with E-state index in [-0.39, 0.29) is 28.2 Å². The predicted molar refractivity (Wildman–Crippen MR) is 70.9 cm³/mol. The van der Waals surface area contributed by atoms with Gasteiger partial charge in [-0.1, -0.05) is 22.6 Å². The van der Waals surface area contributed by atoms with E-state index in [0.717, 1.165) is 5.57 Å². The Bertz CT molecular complexity index is 364. The van der Waals surface area contributed by atoms with E-state index in [1.165, 1.54) is 6.92 Å². The zero-order valence-electron chi connectivity index (χ0n) is 10.4. The van der Waals surface area contributed by atoms with Crippen LogP contribution in [-0.4, -0.2) is 34.0 Å². The van der Waals surface area contributed by atoms with Crippen LogP contribution in [0.5, 0.6) is 0 Å². The Balaban J connectivity index is 2.21. The lowest BCUT2D eigenvalue weighted by Gasteiger charge is -2.32. The number of carbonyl (C=O) groups excluding carboxylic acids is 1. The predicted octanol–water partition coefficient (Wildman–Crippen LogP) is 2.20. The van der Waals surface area contributed by atoms with Crippen LogP contribution in [-0.2, 0) is 19.0 Å². The maximum atomic E-state index is 11.1. The molecule has 1 fully saturated rings. The summed E-state index contributed by atoms with van der Waals surface area (Å²) in [7, 11) is 0. The minimum absolute atomic E-state index is 0.0290. The molecule has 1 saturated heterocycles. The van der Waals surface area contributed by atoms with E-state index in [1.807, 2.05) is 26.8 Å². The number of esters is 1. The summed E-state index contributed by atoms with van der Waals surface area (Å²) in [6.45, 7) is 7.22. The van der Waals surface area contributed by atoms with Gasteiger partial charge in [0.2, 0.25) is 0 Å². The van der Waals surface area contributed by atoms with E-state index in [1.54, 1.807) is 0 Å². The van der Waals surface area contributed by atoms with Crippen molar-refractivity contribution in [3.8, 4) is 0 Å². The molecular formula is C12H17IO4. The molecule has 4 atom stereocenters. The second-order valence-electron chi connectivity index (χ2n) is 4.95. The lowest BCUT2D eigenvalue weighted by atomic mass is 9.93. The Kier molecular flexibility index (Phi) is 3.53. The highest BCUT2D eigenvalue weighted by atomic mass is 127. The van der Waals surface area contributed by atoms with Gasteiger partial charge in [-0.25, -0.2) is 0 Å². The summed E-state index contributed by atoms with van der Waals surface area (Å²) in [6, 6.07) is 0. The third-order valence-corrected chi connectivity index (χ3v) is 4.35. The van der Waals surface area contributed by atoms with E-state index in [9.17, 15) is 4.79 Å². The SMILES string of the molecule is CC(=O)O[C@H]1C=C(C)[C@H]2OC(C)(C)O[C@H]2[C@@H]1I. The molecule has 0 bridgehead atoms. The monoisotopic (exact) mass is 352 g/mol. The normalized spacial score (nSPS) is 39.5. The van der Waals surface area contributed by atoms with Crippen LogP contribution < -0.4 is 0 Å². The number of carbonyl (C=O) groups is 1. The molecule has 4 nitrogen and oxygen atoms in total. The van der Waals surface area contributed by atoms with Crippen molar-refractivity contribution in [1.82, 2.24) is 0 Å². The first-order valence-electron chi connectivity index (χ1n) is 5.65. The van der Waals surface area contributed by atoms with Crippen LogP contribution in [0.3, 0.4) is 0 Å². The molecule has 96 valence electrons. The average Bonchev–Trinajstić information content (AvgIpc) is 2.50. The molecule has 1 aliphatic heterocycles. The van der Waals surface area contributed by atoms with Crippen molar-refractivity contribution in [1.29, 1.82) is 0 Å². The summed E-state index contributed by atoms with van der Waals surface area (Å²) >= 11 is 2.27. The molecular weight excluding hydrogens is 335 g/mol. The lowest BCUT2D eigenvalue weighted by Crippen LogP contribution is -2.44. The van der Waals surface area contributed by atoms with Crippen molar-refractivity contribution >= 4 is 28.6 Å².